The molecule has 0 radical (unpaired) electrons. The smallest absolute Gasteiger partial charge is 0.253 e. The summed E-state index contributed by atoms with van der Waals surface area (Å²) in [6, 6.07) is 6.78. The molecule has 2 atom stereocenters. The van der Waals surface area contributed by atoms with Gasteiger partial charge in [0.15, 0.2) is 0 Å². The van der Waals surface area contributed by atoms with Gasteiger partial charge in [-0.3, -0.25) is 14.4 Å². The van der Waals surface area contributed by atoms with E-state index in [4.69, 9.17) is 9.47 Å². The van der Waals surface area contributed by atoms with Crippen molar-refractivity contribution in [2.45, 2.75) is 32.7 Å². The van der Waals surface area contributed by atoms with Gasteiger partial charge < -0.3 is 25.0 Å². The van der Waals surface area contributed by atoms with Crippen LogP contribution in [0.1, 0.15) is 37.0 Å². The van der Waals surface area contributed by atoms with Crippen LogP contribution in [0, 0.1) is 5.92 Å². The molecule has 0 aliphatic carbocycles. The summed E-state index contributed by atoms with van der Waals surface area (Å²) in [5.41, 5.74) is 0.835. The molecular weight excluding hydrogens is 374 g/mol. The van der Waals surface area contributed by atoms with E-state index in [1.165, 1.54) is 0 Å². The lowest BCUT2D eigenvalue weighted by molar-refractivity contribution is -0.130. The number of ether oxygens (including phenoxy) is 2. The Balaban J connectivity index is 1.95. The first-order chi connectivity index (χ1) is 14.0. The Labute approximate surface area is 171 Å². The molecular formula is C21H31N3O5. The maximum atomic E-state index is 12.7. The molecule has 3 amide bonds. The summed E-state index contributed by atoms with van der Waals surface area (Å²) in [7, 11) is 1.58. The van der Waals surface area contributed by atoms with Crippen molar-refractivity contribution in [3.63, 3.8) is 0 Å². The molecule has 2 N–H and O–H groups in total. The number of hydrogen-bond donors (Lipinski definition) is 2. The van der Waals surface area contributed by atoms with Crippen molar-refractivity contribution in [3.8, 4) is 0 Å². The van der Waals surface area contributed by atoms with E-state index in [0.717, 1.165) is 0 Å². The van der Waals surface area contributed by atoms with Crippen molar-refractivity contribution in [1.29, 1.82) is 0 Å². The first kappa shape index (κ1) is 22.8. The van der Waals surface area contributed by atoms with E-state index in [1.807, 2.05) is 13.8 Å². The molecule has 29 heavy (non-hydrogen) atoms. The van der Waals surface area contributed by atoms with Crippen LogP contribution in [0.4, 0.5) is 5.69 Å². The van der Waals surface area contributed by atoms with E-state index in [1.54, 1.807) is 36.3 Å². The number of nitrogens with one attached hydrogen (secondary N) is 2. The van der Waals surface area contributed by atoms with Gasteiger partial charge >= 0.3 is 0 Å². The zero-order valence-electron chi connectivity index (χ0n) is 17.4. The number of carbonyl (C=O) groups excluding carboxylic acids is 3. The normalized spacial score (nSPS) is 17.3. The van der Waals surface area contributed by atoms with Gasteiger partial charge in [-0.2, -0.15) is 0 Å². The quantitative estimate of drug-likeness (QED) is 0.546. The van der Waals surface area contributed by atoms with Gasteiger partial charge in [0.25, 0.3) is 5.91 Å². The second-order valence-corrected chi connectivity index (χ2v) is 7.09. The lowest BCUT2D eigenvalue weighted by Gasteiger charge is -2.24. The van der Waals surface area contributed by atoms with Crippen LogP contribution in [-0.4, -0.2) is 68.7 Å². The van der Waals surface area contributed by atoms with Crippen molar-refractivity contribution in [2.24, 2.45) is 5.92 Å². The van der Waals surface area contributed by atoms with Gasteiger partial charge in [0.05, 0.1) is 29.8 Å². The molecule has 2 rings (SSSR count). The number of carbonyl (C=O) groups is 3. The van der Waals surface area contributed by atoms with Crippen LogP contribution in [0.25, 0.3) is 0 Å². The minimum Gasteiger partial charge on any atom is -0.383 e. The molecule has 0 aromatic heterocycles. The predicted molar refractivity (Wildman–Crippen MR) is 110 cm³/mol. The van der Waals surface area contributed by atoms with Crippen molar-refractivity contribution in [1.82, 2.24) is 10.2 Å². The van der Waals surface area contributed by atoms with E-state index < -0.39 is 5.92 Å². The molecule has 8 nitrogen and oxygen atoms in total. The molecule has 1 aromatic carbocycles. The van der Waals surface area contributed by atoms with Gasteiger partial charge in [-0.05, 0) is 32.4 Å². The molecule has 0 unspecified atom stereocenters. The monoisotopic (exact) mass is 405 g/mol. The summed E-state index contributed by atoms with van der Waals surface area (Å²) in [5.74, 6) is -1.03. The molecule has 1 aliphatic rings. The van der Waals surface area contributed by atoms with Crippen molar-refractivity contribution in [2.75, 3.05) is 45.3 Å². The summed E-state index contributed by atoms with van der Waals surface area (Å²) in [6.45, 7) is 6.31. The summed E-state index contributed by atoms with van der Waals surface area (Å²) in [6.07, 6.45) is 0.874. The summed E-state index contributed by atoms with van der Waals surface area (Å²) >= 11 is 0. The van der Waals surface area contributed by atoms with Crippen LogP contribution in [0.3, 0.4) is 0 Å². The number of rotatable bonds is 11. The van der Waals surface area contributed by atoms with Crippen LogP contribution in [0.15, 0.2) is 24.3 Å². The van der Waals surface area contributed by atoms with Crippen LogP contribution in [0.5, 0.6) is 0 Å². The third kappa shape index (κ3) is 6.54. The SMILES string of the molecule is CCOCCCNC(=O)c1ccccc1NC(=O)[C@H]1CC(=O)N([C@@H](C)COC)C1. The largest absolute Gasteiger partial charge is 0.383 e. The Bertz CT molecular complexity index is 709. The topological polar surface area (TPSA) is 97.0 Å². The molecule has 1 aliphatic heterocycles. The number of methoxy groups -OCH3 is 1. The number of amides is 3. The number of para-hydroxylation sites is 1. The highest BCUT2D eigenvalue weighted by atomic mass is 16.5. The highest BCUT2D eigenvalue weighted by Gasteiger charge is 2.36. The third-order valence-electron chi connectivity index (χ3n) is 4.85. The van der Waals surface area contributed by atoms with Crippen LogP contribution in [-0.2, 0) is 19.1 Å². The number of anilines is 1. The summed E-state index contributed by atoms with van der Waals surface area (Å²) < 4.78 is 10.4. The maximum absolute atomic E-state index is 12.7. The minimum atomic E-state index is -0.455. The standard InChI is InChI=1S/C21H31N3O5/c1-4-29-11-7-10-22-21(27)17-8-5-6-9-18(17)23-20(26)16-12-19(25)24(13-16)15(2)14-28-3/h5-6,8-9,15-16H,4,7,10-14H2,1-3H3,(H,22,27)(H,23,26)/t15-,16-/m0/s1. The van der Waals surface area contributed by atoms with Gasteiger partial charge in [-0.15, -0.1) is 0 Å². The fourth-order valence-electron chi connectivity index (χ4n) is 3.31. The lowest BCUT2D eigenvalue weighted by atomic mass is 10.1. The maximum Gasteiger partial charge on any atom is 0.253 e. The van der Waals surface area contributed by atoms with Gasteiger partial charge in [0.2, 0.25) is 11.8 Å². The molecule has 1 heterocycles. The Kier molecular flexibility index (Phi) is 9.08. The molecule has 1 aromatic rings. The number of likely N-dealkylation sites (tertiary alicyclic amines) is 1. The minimum absolute atomic E-state index is 0.0602. The lowest BCUT2D eigenvalue weighted by Crippen LogP contribution is -2.38. The highest BCUT2D eigenvalue weighted by molar-refractivity contribution is 6.05. The van der Waals surface area contributed by atoms with Gasteiger partial charge in [0.1, 0.15) is 0 Å². The van der Waals surface area contributed by atoms with E-state index in [2.05, 4.69) is 10.6 Å². The molecule has 1 fully saturated rings. The van der Waals surface area contributed by atoms with Crippen LogP contribution < -0.4 is 10.6 Å². The Morgan fingerprint density at radius 2 is 2.07 bits per heavy atom. The van der Waals surface area contributed by atoms with E-state index in [0.29, 0.717) is 50.6 Å². The summed E-state index contributed by atoms with van der Waals surface area (Å²) in [5, 5.41) is 5.66. The molecule has 0 saturated carbocycles. The summed E-state index contributed by atoms with van der Waals surface area (Å²) in [4.78, 5) is 39.1. The second-order valence-electron chi connectivity index (χ2n) is 7.09. The van der Waals surface area contributed by atoms with Gasteiger partial charge in [-0.25, -0.2) is 0 Å². The number of benzene rings is 1. The number of nitrogens with zero attached hydrogens (tertiary/aromatic N) is 1. The van der Waals surface area contributed by atoms with Gasteiger partial charge in [-0.1, -0.05) is 12.1 Å². The number of hydrogen-bond acceptors (Lipinski definition) is 5. The average molecular weight is 405 g/mol. The van der Waals surface area contributed by atoms with E-state index >= 15 is 0 Å². The molecule has 0 spiro atoms. The molecule has 1 saturated heterocycles. The average Bonchev–Trinajstić information content (AvgIpc) is 3.10. The zero-order chi connectivity index (χ0) is 21.2. The predicted octanol–water partition coefficient (Wildman–Crippen LogP) is 1.66. The van der Waals surface area contributed by atoms with Crippen molar-refractivity contribution < 1.29 is 23.9 Å². The first-order valence-corrected chi connectivity index (χ1v) is 10.0. The molecule has 8 heteroatoms. The molecule has 0 bridgehead atoms. The third-order valence-corrected chi connectivity index (χ3v) is 4.85. The van der Waals surface area contributed by atoms with E-state index in [-0.39, 0.29) is 30.2 Å². The second kappa shape index (κ2) is 11.5. The Morgan fingerprint density at radius 3 is 2.79 bits per heavy atom. The van der Waals surface area contributed by atoms with Crippen LogP contribution >= 0.6 is 0 Å². The Morgan fingerprint density at radius 1 is 1.31 bits per heavy atom. The Hall–Kier alpha value is -2.45. The highest BCUT2D eigenvalue weighted by Crippen LogP contribution is 2.23. The van der Waals surface area contributed by atoms with E-state index in [9.17, 15) is 14.4 Å². The fraction of sp³-hybridized carbons (Fsp3) is 0.571. The van der Waals surface area contributed by atoms with Crippen molar-refractivity contribution in [3.05, 3.63) is 29.8 Å². The zero-order valence-corrected chi connectivity index (χ0v) is 17.4. The fourth-order valence-corrected chi connectivity index (χ4v) is 3.31. The van der Waals surface area contributed by atoms with Gasteiger partial charge in [0, 0.05) is 39.8 Å². The van der Waals surface area contributed by atoms with Crippen molar-refractivity contribution >= 4 is 23.4 Å². The first-order valence-electron chi connectivity index (χ1n) is 10.0. The molecule has 160 valence electrons. The van der Waals surface area contributed by atoms with Crippen LogP contribution in [0.2, 0.25) is 0 Å².